The molecule has 1 aliphatic heterocycles. The maximum atomic E-state index is 12.2. The Kier molecular flexibility index (Phi) is 5.01. The minimum absolute atomic E-state index is 0.114. The molecule has 2 atom stereocenters. The van der Waals surface area contributed by atoms with Crippen LogP contribution in [0.2, 0.25) is 0 Å². The third-order valence-corrected chi connectivity index (χ3v) is 3.85. The van der Waals surface area contributed by atoms with E-state index in [4.69, 9.17) is 4.74 Å². The van der Waals surface area contributed by atoms with Crippen molar-refractivity contribution in [2.24, 2.45) is 0 Å². The molecule has 2 heterocycles. The number of hydrogen-bond acceptors (Lipinski definition) is 5. The number of ether oxygens (including phenoxy) is 1. The molecule has 0 bridgehead atoms. The molecule has 2 rings (SSSR count). The first-order chi connectivity index (χ1) is 10.3. The summed E-state index contributed by atoms with van der Waals surface area (Å²) < 4.78 is 5.47. The van der Waals surface area contributed by atoms with Crippen molar-refractivity contribution < 1.29 is 9.53 Å². The Balaban J connectivity index is 1.96. The number of hydrogen-bond donors (Lipinski definition) is 0. The molecule has 1 aromatic rings. The molecule has 1 fully saturated rings. The number of piperazine rings is 1. The van der Waals surface area contributed by atoms with Crippen molar-refractivity contribution in [2.45, 2.75) is 52.3 Å². The first kappa shape index (κ1) is 16.7. The molecule has 1 amide bonds. The zero-order valence-electron chi connectivity index (χ0n) is 14.1. The van der Waals surface area contributed by atoms with Crippen LogP contribution in [-0.4, -0.2) is 57.1 Å². The van der Waals surface area contributed by atoms with E-state index in [9.17, 15) is 4.79 Å². The molecule has 6 nitrogen and oxygen atoms in total. The van der Waals surface area contributed by atoms with Crippen molar-refractivity contribution in [3.05, 3.63) is 24.3 Å². The molecule has 0 spiro atoms. The third kappa shape index (κ3) is 4.16. The van der Waals surface area contributed by atoms with Gasteiger partial charge in [0.15, 0.2) is 0 Å². The molecule has 1 saturated heterocycles. The van der Waals surface area contributed by atoms with E-state index in [0.717, 1.165) is 18.8 Å². The highest BCUT2D eigenvalue weighted by molar-refractivity contribution is 5.68. The Bertz CT molecular complexity index is 501. The van der Waals surface area contributed by atoms with Crippen LogP contribution in [-0.2, 0) is 4.74 Å². The lowest BCUT2D eigenvalue weighted by atomic mass is 10.1. The predicted octanol–water partition coefficient (Wildman–Crippen LogP) is 2.48. The average molecular weight is 306 g/mol. The summed E-state index contributed by atoms with van der Waals surface area (Å²) in [6.07, 6.45) is 4.97. The minimum Gasteiger partial charge on any atom is -0.444 e. The van der Waals surface area contributed by atoms with Crippen molar-refractivity contribution in [1.29, 1.82) is 0 Å². The smallest absolute Gasteiger partial charge is 0.410 e. The van der Waals surface area contributed by atoms with Crippen LogP contribution >= 0.6 is 0 Å². The summed E-state index contributed by atoms with van der Waals surface area (Å²) in [5.74, 6) is 0. The molecule has 1 aromatic heterocycles. The number of carbonyl (C=O) groups excluding carboxylic acids is 1. The first-order valence-corrected chi connectivity index (χ1v) is 7.77. The molecule has 122 valence electrons. The second-order valence-corrected chi connectivity index (χ2v) is 6.82. The van der Waals surface area contributed by atoms with Crippen LogP contribution in [0.3, 0.4) is 0 Å². The van der Waals surface area contributed by atoms with Gasteiger partial charge in [0.2, 0.25) is 0 Å². The average Bonchev–Trinajstić information content (AvgIpc) is 2.45. The van der Waals surface area contributed by atoms with Crippen molar-refractivity contribution in [2.75, 3.05) is 19.6 Å². The molecule has 1 aliphatic rings. The maximum absolute atomic E-state index is 12.2. The van der Waals surface area contributed by atoms with Gasteiger partial charge in [0.25, 0.3) is 0 Å². The van der Waals surface area contributed by atoms with E-state index in [0.29, 0.717) is 6.54 Å². The summed E-state index contributed by atoms with van der Waals surface area (Å²) >= 11 is 0. The van der Waals surface area contributed by atoms with E-state index in [1.54, 1.807) is 18.6 Å². The largest absolute Gasteiger partial charge is 0.444 e. The fourth-order valence-corrected chi connectivity index (χ4v) is 2.64. The molecule has 0 saturated carbocycles. The van der Waals surface area contributed by atoms with Gasteiger partial charge < -0.3 is 9.64 Å². The molecule has 22 heavy (non-hydrogen) atoms. The van der Waals surface area contributed by atoms with Crippen molar-refractivity contribution in [3.8, 4) is 0 Å². The normalized spacial score (nSPS) is 21.5. The third-order valence-electron chi connectivity index (χ3n) is 3.85. The first-order valence-electron chi connectivity index (χ1n) is 7.77. The van der Waals surface area contributed by atoms with Crippen LogP contribution in [0.1, 0.15) is 46.4 Å². The Morgan fingerprint density at radius 1 is 1.36 bits per heavy atom. The summed E-state index contributed by atoms with van der Waals surface area (Å²) in [5, 5.41) is 0. The number of rotatable bonds is 2. The van der Waals surface area contributed by atoms with Gasteiger partial charge in [-0.1, -0.05) is 0 Å². The second kappa shape index (κ2) is 6.60. The fraction of sp³-hybridized carbons (Fsp3) is 0.688. The lowest BCUT2D eigenvalue weighted by molar-refractivity contribution is -0.00373. The Morgan fingerprint density at radius 2 is 2.09 bits per heavy atom. The molecular weight excluding hydrogens is 280 g/mol. The van der Waals surface area contributed by atoms with Gasteiger partial charge in [0.05, 0.1) is 11.7 Å². The van der Waals surface area contributed by atoms with Crippen LogP contribution in [0, 0.1) is 0 Å². The minimum atomic E-state index is -0.457. The maximum Gasteiger partial charge on any atom is 0.410 e. The SMILES string of the molecule is CC(c1cnccn1)N1CCN(C(=O)OC(C)(C)C)C(C)C1. The van der Waals surface area contributed by atoms with Crippen LogP contribution in [0.15, 0.2) is 18.6 Å². The van der Waals surface area contributed by atoms with Crippen LogP contribution in [0.5, 0.6) is 0 Å². The lowest BCUT2D eigenvalue weighted by Crippen LogP contribution is -2.55. The van der Waals surface area contributed by atoms with E-state index in [1.807, 2.05) is 25.7 Å². The number of aromatic nitrogens is 2. The zero-order chi connectivity index (χ0) is 16.3. The van der Waals surface area contributed by atoms with Crippen molar-refractivity contribution >= 4 is 6.09 Å². The highest BCUT2D eigenvalue weighted by Crippen LogP contribution is 2.22. The Hall–Kier alpha value is -1.69. The second-order valence-electron chi connectivity index (χ2n) is 6.82. The molecule has 6 heteroatoms. The van der Waals surface area contributed by atoms with Crippen LogP contribution < -0.4 is 0 Å². The molecule has 0 N–H and O–H groups in total. The fourth-order valence-electron chi connectivity index (χ4n) is 2.64. The van der Waals surface area contributed by atoms with Gasteiger partial charge in [0.1, 0.15) is 5.60 Å². The summed E-state index contributed by atoms with van der Waals surface area (Å²) in [6.45, 7) is 12.1. The van der Waals surface area contributed by atoms with Gasteiger partial charge in [-0.25, -0.2) is 4.79 Å². The molecule has 0 aliphatic carbocycles. The standard InChI is InChI=1S/C16H26N4O2/c1-12-11-19(13(2)14-10-17-6-7-18-14)8-9-20(12)15(21)22-16(3,4)5/h6-7,10,12-13H,8-9,11H2,1-5H3. The van der Waals surface area contributed by atoms with Crippen LogP contribution in [0.25, 0.3) is 0 Å². The van der Waals surface area contributed by atoms with Gasteiger partial charge in [-0.05, 0) is 34.6 Å². The van der Waals surface area contributed by atoms with E-state index in [-0.39, 0.29) is 18.2 Å². The Labute approximate surface area is 132 Å². The Morgan fingerprint density at radius 3 is 2.64 bits per heavy atom. The van der Waals surface area contributed by atoms with Gasteiger partial charge in [-0.15, -0.1) is 0 Å². The number of carbonyl (C=O) groups is 1. The molecular formula is C16H26N4O2. The summed E-state index contributed by atoms with van der Waals surface area (Å²) in [5.41, 5.74) is 0.501. The number of nitrogens with zero attached hydrogens (tertiary/aromatic N) is 4. The quantitative estimate of drug-likeness (QED) is 0.840. The van der Waals surface area contributed by atoms with E-state index in [1.165, 1.54) is 0 Å². The van der Waals surface area contributed by atoms with Crippen molar-refractivity contribution in [3.63, 3.8) is 0 Å². The highest BCUT2D eigenvalue weighted by atomic mass is 16.6. The van der Waals surface area contributed by atoms with E-state index >= 15 is 0 Å². The van der Waals surface area contributed by atoms with E-state index in [2.05, 4.69) is 28.7 Å². The van der Waals surface area contributed by atoms with Gasteiger partial charge >= 0.3 is 6.09 Å². The van der Waals surface area contributed by atoms with Gasteiger partial charge in [-0.3, -0.25) is 14.9 Å². The summed E-state index contributed by atoms with van der Waals surface area (Å²) in [4.78, 5) is 24.9. The van der Waals surface area contributed by atoms with E-state index < -0.39 is 5.60 Å². The van der Waals surface area contributed by atoms with Gasteiger partial charge in [-0.2, -0.15) is 0 Å². The van der Waals surface area contributed by atoms with Gasteiger partial charge in [0, 0.05) is 44.3 Å². The van der Waals surface area contributed by atoms with Crippen molar-refractivity contribution in [1.82, 2.24) is 19.8 Å². The lowest BCUT2D eigenvalue weighted by Gasteiger charge is -2.42. The summed E-state index contributed by atoms with van der Waals surface area (Å²) in [6, 6.07) is 0.305. The predicted molar refractivity (Wildman–Crippen MR) is 84.4 cm³/mol. The number of amides is 1. The zero-order valence-corrected chi connectivity index (χ0v) is 14.1. The topological polar surface area (TPSA) is 58.6 Å². The highest BCUT2D eigenvalue weighted by Gasteiger charge is 2.32. The monoisotopic (exact) mass is 306 g/mol. The molecule has 2 unspecified atom stereocenters. The summed E-state index contributed by atoms with van der Waals surface area (Å²) in [7, 11) is 0. The van der Waals surface area contributed by atoms with Crippen LogP contribution in [0.4, 0.5) is 4.79 Å². The molecule has 0 aromatic carbocycles. The molecule has 0 radical (unpaired) electrons.